The molecule has 0 radical (unpaired) electrons. The van der Waals surface area contributed by atoms with Gasteiger partial charge in [-0.1, -0.05) is 36.4 Å². The number of carbonyl (C=O) groups is 1. The third kappa shape index (κ3) is 11.0. The number of carbonyl (C=O) groups excluding carboxylic acids is 1. The van der Waals surface area contributed by atoms with Crippen LogP contribution in [0.15, 0.2) is 41.6 Å². The van der Waals surface area contributed by atoms with Gasteiger partial charge in [0.15, 0.2) is 0 Å². The second-order valence-electron chi connectivity index (χ2n) is 8.30. The molecule has 0 bridgehead atoms. The minimum atomic E-state index is -1.77. The van der Waals surface area contributed by atoms with Crippen LogP contribution < -0.4 is 0 Å². The lowest BCUT2D eigenvalue weighted by Gasteiger charge is -2.17. The molecular weight excluding hydrogens is 358 g/mol. The molecule has 0 amide bonds. The van der Waals surface area contributed by atoms with E-state index in [4.69, 9.17) is 8.95 Å². The zero-order chi connectivity index (χ0) is 19.6. The molecule has 0 saturated heterocycles. The summed E-state index contributed by atoms with van der Waals surface area (Å²) in [6, 6.07) is 10.2. The molecule has 26 heavy (non-hydrogen) atoms. The third-order valence-electron chi connectivity index (χ3n) is 3.24. The number of oxime groups is 1. The predicted molar refractivity (Wildman–Crippen MR) is 115 cm³/mol. The SMILES string of the molecule is C[Si](C)(C)O/N=C/C(=C\CCCCC(=O)O[Si](C)(C)C)c1ccccc1. The van der Waals surface area contributed by atoms with Gasteiger partial charge in [-0.25, -0.2) is 0 Å². The smallest absolute Gasteiger partial charge is 0.292 e. The number of allylic oxidation sites excluding steroid dienone is 2. The molecule has 0 heterocycles. The van der Waals surface area contributed by atoms with Crippen LogP contribution in [0, 0.1) is 0 Å². The summed E-state index contributed by atoms with van der Waals surface area (Å²) in [4.78, 5) is 11.8. The van der Waals surface area contributed by atoms with E-state index >= 15 is 0 Å². The van der Waals surface area contributed by atoms with Crippen LogP contribution in [0.2, 0.25) is 39.3 Å². The van der Waals surface area contributed by atoms with Crippen molar-refractivity contribution in [3.05, 3.63) is 42.0 Å². The maximum atomic E-state index is 11.8. The summed E-state index contributed by atoms with van der Waals surface area (Å²) in [6.07, 6.45) is 7.13. The van der Waals surface area contributed by atoms with E-state index in [1.807, 2.05) is 37.8 Å². The Kier molecular flexibility index (Phi) is 9.01. The molecule has 0 N–H and O–H groups in total. The van der Waals surface area contributed by atoms with Crippen LogP contribution in [0.3, 0.4) is 0 Å². The molecule has 0 saturated carbocycles. The first-order chi connectivity index (χ1) is 12.1. The van der Waals surface area contributed by atoms with Gasteiger partial charge in [-0.2, -0.15) is 0 Å². The molecular formula is C20H33NO3Si2. The number of rotatable bonds is 10. The standard InChI is InChI=1S/C20H33NO3Si2/c1-25(2,3)23-20(22)16-12-8-11-15-19(17-21-24-26(4,5)6)18-13-9-7-10-14-18/h7,9-10,13-15,17H,8,11-12,16H2,1-6H3/b19-15+,21-17+. The molecule has 1 aromatic carbocycles. The highest BCUT2D eigenvalue weighted by Crippen LogP contribution is 2.15. The highest BCUT2D eigenvalue weighted by atomic mass is 28.4. The van der Waals surface area contributed by atoms with Crippen molar-refractivity contribution in [2.75, 3.05) is 0 Å². The first-order valence-electron chi connectivity index (χ1n) is 9.26. The topological polar surface area (TPSA) is 47.9 Å². The predicted octanol–water partition coefficient (Wildman–Crippen LogP) is 5.85. The van der Waals surface area contributed by atoms with Gasteiger partial charge in [0.05, 0.1) is 6.21 Å². The van der Waals surface area contributed by atoms with E-state index in [9.17, 15) is 4.79 Å². The van der Waals surface area contributed by atoms with Gasteiger partial charge < -0.3 is 8.95 Å². The van der Waals surface area contributed by atoms with Crippen LogP contribution in [-0.2, 0) is 13.7 Å². The second kappa shape index (κ2) is 10.5. The van der Waals surface area contributed by atoms with Crippen LogP contribution in [0.5, 0.6) is 0 Å². The summed E-state index contributed by atoms with van der Waals surface area (Å²) >= 11 is 0. The average Bonchev–Trinajstić information content (AvgIpc) is 2.51. The third-order valence-corrected chi connectivity index (χ3v) is 4.74. The summed E-state index contributed by atoms with van der Waals surface area (Å²) < 4.78 is 11.1. The highest BCUT2D eigenvalue weighted by Gasteiger charge is 2.19. The number of unbranched alkanes of at least 4 members (excludes halogenated alkanes) is 2. The van der Waals surface area contributed by atoms with E-state index in [1.54, 1.807) is 6.21 Å². The van der Waals surface area contributed by atoms with E-state index in [1.165, 1.54) is 0 Å². The minimum absolute atomic E-state index is 0.0680. The van der Waals surface area contributed by atoms with Crippen molar-refractivity contribution in [3.63, 3.8) is 0 Å². The molecule has 0 fully saturated rings. The van der Waals surface area contributed by atoms with Crippen molar-refractivity contribution < 1.29 is 13.7 Å². The first-order valence-corrected chi connectivity index (χ1v) is 16.1. The van der Waals surface area contributed by atoms with Crippen molar-refractivity contribution in [1.29, 1.82) is 0 Å². The fraction of sp³-hybridized carbons (Fsp3) is 0.500. The Balaban J connectivity index is 2.58. The Hall–Kier alpha value is -1.67. The fourth-order valence-electron chi connectivity index (χ4n) is 2.18. The maximum Gasteiger partial charge on any atom is 0.292 e. The second-order valence-corrected chi connectivity index (χ2v) is 17.1. The molecule has 1 rings (SSSR count). The molecule has 0 aliphatic carbocycles. The van der Waals surface area contributed by atoms with Crippen LogP contribution in [-0.4, -0.2) is 28.8 Å². The van der Waals surface area contributed by atoms with Crippen LogP contribution >= 0.6 is 0 Å². The summed E-state index contributed by atoms with van der Waals surface area (Å²) in [5, 5.41) is 4.19. The molecule has 0 spiro atoms. The number of hydrogen-bond acceptors (Lipinski definition) is 4. The minimum Gasteiger partial charge on any atom is -0.520 e. The van der Waals surface area contributed by atoms with Gasteiger partial charge in [0, 0.05) is 6.42 Å². The molecule has 0 aromatic heterocycles. The van der Waals surface area contributed by atoms with Crippen molar-refractivity contribution in [1.82, 2.24) is 0 Å². The number of hydrogen-bond donors (Lipinski definition) is 0. The lowest BCUT2D eigenvalue weighted by atomic mass is 10.0. The maximum absolute atomic E-state index is 11.8. The van der Waals surface area contributed by atoms with E-state index in [0.717, 1.165) is 30.4 Å². The zero-order valence-corrected chi connectivity index (χ0v) is 19.0. The molecule has 144 valence electrons. The molecule has 4 nitrogen and oxygen atoms in total. The largest absolute Gasteiger partial charge is 0.520 e. The van der Waals surface area contributed by atoms with Gasteiger partial charge in [-0.3, -0.25) is 4.79 Å². The van der Waals surface area contributed by atoms with Gasteiger partial charge >= 0.3 is 0 Å². The fourth-order valence-corrected chi connectivity index (χ4v) is 3.33. The Morgan fingerprint density at radius 2 is 1.65 bits per heavy atom. The Morgan fingerprint density at radius 1 is 1.00 bits per heavy atom. The summed E-state index contributed by atoms with van der Waals surface area (Å²) in [6.45, 7) is 12.4. The number of nitrogens with zero attached hydrogens (tertiary/aromatic N) is 1. The van der Waals surface area contributed by atoms with Gasteiger partial charge in [0.2, 0.25) is 8.32 Å². The Labute approximate surface area is 160 Å². The Morgan fingerprint density at radius 3 is 2.23 bits per heavy atom. The van der Waals surface area contributed by atoms with Crippen molar-refractivity contribution in [2.24, 2.45) is 5.16 Å². The number of benzene rings is 1. The summed E-state index contributed by atoms with van der Waals surface area (Å²) in [5.41, 5.74) is 2.17. The van der Waals surface area contributed by atoms with Crippen molar-refractivity contribution in [3.8, 4) is 0 Å². The Bertz CT molecular complexity index is 614. The molecule has 0 unspecified atom stereocenters. The lowest BCUT2D eigenvalue weighted by Crippen LogP contribution is -2.28. The zero-order valence-electron chi connectivity index (χ0n) is 17.0. The van der Waals surface area contributed by atoms with Gasteiger partial charge in [0.25, 0.3) is 14.3 Å². The van der Waals surface area contributed by atoms with Gasteiger partial charge in [0.1, 0.15) is 0 Å². The molecule has 0 atom stereocenters. The van der Waals surface area contributed by atoms with Crippen LogP contribution in [0.1, 0.15) is 31.2 Å². The highest BCUT2D eigenvalue weighted by molar-refractivity contribution is 6.71. The van der Waals surface area contributed by atoms with E-state index < -0.39 is 16.6 Å². The van der Waals surface area contributed by atoms with Crippen molar-refractivity contribution in [2.45, 2.75) is 65.0 Å². The first kappa shape index (κ1) is 22.4. The van der Waals surface area contributed by atoms with Crippen molar-refractivity contribution >= 4 is 34.4 Å². The lowest BCUT2D eigenvalue weighted by molar-refractivity contribution is -0.135. The van der Waals surface area contributed by atoms with E-state index in [2.05, 4.69) is 43.0 Å². The molecule has 6 heteroatoms. The summed E-state index contributed by atoms with van der Waals surface area (Å²) in [5.74, 6) is -0.0680. The van der Waals surface area contributed by atoms with Gasteiger partial charge in [-0.05, 0) is 69.7 Å². The normalized spacial score (nSPS) is 13.1. The van der Waals surface area contributed by atoms with Crippen LogP contribution in [0.4, 0.5) is 0 Å². The molecule has 1 aromatic rings. The quantitative estimate of drug-likeness (QED) is 0.218. The van der Waals surface area contributed by atoms with E-state index in [0.29, 0.717) is 6.42 Å². The van der Waals surface area contributed by atoms with E-state index in [-0.39, 0.29) is 5.97 Å². The summed E-state index contributed by atoms with van der Waals surface area (Å²) in [7, 11) is -3.45. The van der Waals surface area contributed by atoms with Gasteiger partial charge in [-0.15, -0.1) is 5.16 Å². The monoisotopic (exact) mass is 391 g/mol. The molecule has 0 aliphatic rings. The van der Waals surface area contributed by atoms with Crippen LogP contribution in [0.25, 0.3) is 5.57 Å². The molecule has 0 aliphatic heterocycles. The average molecular weight is 392 g/mol.